The molecular formula is C64H80F8O12S6. The summed E-state index contributed by atoms with van der Waals surface area (Å²) >= 11 is 0. The zero-order valence-corrected chi connectivity index (χ0v) is 58.2. The van der Waals surface area contributed by atoms with E-state index in [1.165, 1.54) is 62.8 Å². The van der Waals surface area contributed by atoms with Gasteiger partial charge in [-0.2, -0.15) is 52.0 Å². The molecule has 0 aliphatic carbocycles. The van der Waals surface area contributed by atoms with Gasteiger partial charge in [0.05, 0.1) is 21.8 Å². The van der Waals surface area contributed by atoms with Crippen LogP contribution in [0.2, 0.25) is 0 Å². The Kier molecular flexibility index (Phi) is 24.3. The van der Waals surface area contributed by atoms with Gasteiger partial charge < -0.3 is 9.11 Å². The molecule has 6 rings (SSSR count). The molecule has 0 radical (unpaired) electrons. The van der Waals surface area contributed by atoms with E-state index in [4.69, 9.17) is 9.11 Å². The second kappa shape index (κ2) is 27.6. The van der Waals surface area contributed by atoms with Crippen molar-refractivity contribution >= 4 is 62.3 Å². The molecule has 0 saturated heterocycles. The van der Waals surface area contributed by atoms with Crippen LogP contribution < -0.4 is 0 Å². The van der Waals surface area contributed by atoms with E-state index in [0.29, 0.717) is 0 Å². The van der Waals surface area contributed by atoms with E-state index in [-0.39, 0.29) is 54.3 Å². The topological polar surface area (TPSA) is 223 Å². The molecule has 0 aromatic heterocycles. The molecule has 6 aromatic carbocycles. The molecule has 0 saturated carbocycles. The quantitative estimate of drug-likeness (QED) is 0.0742. The minimum Gasteiger partial charge on any atom is -0.744 e. The molecule has 6 aromatic rings. The summed E-state index contributed by atoms with van der Waals surface area (Å²) in [6.45, 7) is 41.0. The van der Waals surface area contributed by atoms with Crippen LogP contribution in [0, 0.1) is 0 Å². The molecule has 0 aliphatic heterocycles. The minimum absolute atomic E-state index is 0.120. The smallest absolute Gasteiger partial charge is 0.454 e. The number of hydrogen-bond acceptors (Lipinski definition) is 10. The first kappa shape index (κ1) is 79.3. The van der Waals surface area contributed by atoms with Crippen LogP contribution in [0.1, 0.15) is 158 Å². The van der Waals surface area contributed by atoms with Crippen molar-refractivity contribution in [3.8, 4) is 0 Å². The van der Waals surface area contributed by atoms with Crippen molar-refractivity contribution in [2.24, 2.45) is 0 Å². The molecule has 0 spiro atoms. The average Bonchev–Trinajstić information content (AvgIpc) is 0.773. The molecule has 0 bridgehead atoms. The molecule has 2 N–H and O–H groups in total. The van der Waals surface area contributed by atoms with Crippen LogP contribution in [0.3, 0.4) is 0 Å². The summed E-state index contributed by atoms with van der Waals surface area (Å²) in [7, 11) is -27.7. The van der Waals surface area contributed by atoms with Gasteiger partial charge in [0.1, 0.15) is 0 Å². The van der Waals surface area contributed by atoms with E-state index in [0.717, 1.165) is 0 Å². The minimum atomic E-state index is -6.96. The monoisotopic (exact) mass is 1380 g/mol. The lowest BCUT2D eigenvalue weighted by Gasteiger charge is -2.26. The van der Waals surface area contributed by atoms with Gasteiger partial charge in [-0.25, -0.2) is 16.8 Å². The van der Waals surface area contributed by atoms with Gasteiger partial charge in [-0.15, -0.1) is 0 Å². The van der Waals surface area contributed by atoms with E-state index >= 15 is 0 Å². The molecule has 0 aliphatic rings. The molecule has 0 fully saturated rings. The van der Waals surface area contributed by atoms with E-state index in [2.05, 4.69) is 270 Å². The van der Waals surface area contributed by atoms with Gasteiger partial charge in [0, 0.05) is 0 Å². The van der Waals surface area contributed by atoms with Crippen LogP contribution in [-0.2, 0) is 94.8 Å². The first-order valence-electron chi connectivity index (χ1n) is 27.5. The Morgan fingerprint density at radius 2 is 0.378 bits per heavy atom. The maximum atomic E-state index is 12.4. The Morgan fingerprint density at radius 3 is 0.433 bits per heavy atom. The van der Waals surface area contributed by atoms with Crippen molar-refractivity contribution < 1.29 is 87.0 Å². The highest BCUT2D eigenvalue weighted by atomic mass is 32.3. The van der Waals surface area contributed by atoms with Gasteiger partial charge >= 0.3 is 41.3 Å². The van der Waals surface area contributed by atoms with E-state index in [1.807, 2.05) is 0 Å². The molecule has 2 unspecified atom stereocenters. The van der Waals surface area contributed by atoms with Crippen molar-refractivity contribution in [2.75, 3.05) is 0 Å². The Labute approximate surface area is 532 Å². The van der Waals surface area contributed by atoms with Gasteiger partial charge in [-0.3, -0.25) is 9.11 Å². The lowest BCUT2D eigenvalue weighted by atomic mass is 9.87. The lowest BCUT2D eigenvalue weighted by molar-refractivity contribution is -0.174. The first-order valence-corrected chi connectivity index (χ1v) is 35.7. The number of hydrogen-bond donors (Lipinski definition) is 2. The summed E-state index contributed by atoms with van der Waals surface area (Å²) in [6.07, 6.45) is -13.2. The van der Waals surface area contributed by atoms with E-state index < -0.39 is 61.5 Å². The van der Waals surface area contributed by atoms with Crippen LogP contribution in [0.4, 0.5) is 35.1 Å². The Morgan fingerprint density at radius 1 is 0.267 bits per heavy atom. The normalized spacial score (nSPS) is 14.8. The van der Waals surface area contributed by atoms with Gasteiger partial charge in [0.25, 0.3) is 0 Å². The maximum absolute atomic E-state index is 12.4. The largest absolute Gasteiger partial charge is 0.744 e. The molecule has 2 atom stereocenters. The van der Waals surface area contributed by atoms with Crippen molar-refractivity contribution in [2.45, 2.75) is 208 Å². The molecule has 0 heterocycles. The van der Waals surface area contributed by atoms with Crippen molar-refractivity contribution in [3.05, 3.63) is 179 Å². The summed E-state index contributed by atoms with van der Waals surface area (Å²) in [5, 5.41) is 0. The molecule has 26 heteroatoms. The van der Waals surface area contributed by atoms with Crippen molar-refractivity contribution in [3.63, 3.8) is 0 Å². The molecule has 90 heavy (non-hydrogen) atoms. The predicted octanol–water partition coefficient (Wildman–Crippen LogP) is 16.6. The zero-order valence-electron chi connectivity index (χ0n) is 53.3. The number of benzene rings is 6. The van der Waals surface area contributed by atoms with Gasteiger partial charge in [0.2, 0.25) is 0 Å². The van der Waals surface area contributed by atoms with Crippen molar-refractivity contribution in [1.82, 2.24) is 0 Å². The Hall–Kier alpha value is -4.90. The fraction of sp³-hybridized carbons (Fsp3) is 0.438. The second-order valence-electron chi connectivity index (χ2n) is 27.2. The third-order valence-corrected chi connectivity index (χ3v) is 24.2. The number of rotatable bonds is 10. The highest BCUT2D eigenvalue weighted by Gasteiger charge is 2.72. The third kappa shape index (κ3) is 19.6. The van der Waals surface area contributed by atoms with Crippen LogP contribution in [0.5, 0.6) is 0 Å². The zero-order chi connectivity index (χ0) is 70.1. The lowest BCUT2D eigenvalue weighted by Crippen LogP contribution is -2.53. The van der Waals surface area contributed by atoms with Gasteiger partial charge in [-0.1, -0.05) is 197 Å². The molecular weight excluding hydrogens is 1310 g/mol. The summed E-state index contributed by atoms with van der Waals surface area (Å²) < 4.78 is 195. The summed E-state index contributed by atoms with van der Waals surface area (Å²) in [5.74, 6) is 0. The summed E-state index contributed by atoms with van der Waals surface area (Å²) in [5.41, 5.74) is 9.28. The summed E-state index contributed by atoms with van der Waals surface area (Å²) in [6, 6.07) is 55.7. The average molecular weight is 1390 g/mol. The second-order valence-corrected chi connectivity index (χ2v) is 37.7. The molecule has 12 nitrogen and oxygen atoms in total. The molecule has 500 valence electrons. The van der Waals surface area contributed by atoms with Crippen LogP contribution in [0.25, 0.3) is 0 Å². The Balaban J connectivity index is 0.000000336. The SMILES string of the molecule is CC(C)(C)c1ccc([S+](c2ccc(C(C)(C)C)cc2)c2ccc(C(C)(C)C)cc2)cc1.CC(C)(C)c1ccc([S+](c2ccc(C(C)(C)C)cc2)c2ccc(C(C)(C)C)cc2)cc1.O=S(=O)([O-])C(F)(C(F)(F)F)S(=O)(=O)O.O=S(=O)([O-])C(F)(C(F)(F)F)S(=O)(=O)O. The van der Waals surface area contributed by atoms with Crippen LogP contribution in [-0.4, -0.2) is 72.9 Å². The van der Waals surface area contributed by atoms with E-state index in [1.54, 1.807) is 0 Å². The predicted molar refractivity (Wildman–Crippen MR) is 337 cm³/mol. The fourth-order valence-corrected chi connectivity index (χ4v) is 15.5. The van der Waals surface area contributed by atoms with Crippen LogP contribution in [0.15, 0.2) is 175 Å². The maximum Gasteiger partial charge on any atom is 0.454 e. The highest BCUT2D eigenvalue weighted by molar-refractivity contribution is 8.05. The first-order chi connectivity index (χ1) is 40.0. The van der Waals surface area contributed by atoms with Crippen LogP contribution >= 0.6 is 0 Å². The number of alkyl halides is 8. The van der Waals surface area contributed by atoms with Gasteiger partial charge in [0.15, 0.2) is 49.6 Å². The van der Waals surface area contributed by atoms with Gasteiger partial charge in [-0.05, 0) is 139 Å². The summed E-state index contributed by atoms with van der Waals surface area (Å²) in [4.78, 5) is 8.25. The third-order valence-electron chi connectivity index (χ3n) is 13.7. The highest BCUT2D eigenvalue weighted by Crippen LogP contribution is 2.44. The fourth-order valence-electron chi connectivity index (χ4n) is 8.20. The molecule has 0 amide bonds. The van der Waals surface area contributed by atoms with E-state index in [9.17, 15) is 77.9 Å². The van der Waals surface area contributed by atoms with Crippen molar-refractivity contribution in [1.29, 1.82) is 0 Å². The standard InChI is InChI=1S/2C30H39S.2C2H2F4O6S2/c2*1-28(2,3)22-10-16-25(17-11-22)31(26-18-12-23(13-19-26)29(4,5)6)27-20-14-24(15-21-27)30(7,8)9;2*3-1(4,5)2(6,13(7,8)9)14(10,11)12/h2*10-21H,1-9H3;2*(H,7,8,9)(H,10,11,12)/q2*+1;;/p-2. The Bertz CT molecular complexity index is 3240. The number of halogens is 8.